The van der Waals surface area contributed by atoms with E-state index in [4.69, 9.17) is 15.2 Å². The van der Waals surface area contributed by atoms with E-state index < -0.39 is 58.4 Å². The molecule has 3 saturated carbocycles. The minimum absolute atomic E-state index is 0.0335. The summed E-state index contributed by atoms with van der Waals surface area (Å²) in [6.45, 7) is 6.49. The molecule has 0 spiro atoms. The third kappa shape index (κ3) is 7.31. The number of aliphatic hydroxyl groups excluding tert-OH is 1. The number of nitrogens with one attached hydrogen (secondary N) is 2. The predicted molar refractivity (Wildman–Crippen MR) is 218 cm³/mol. The van der Waals surface area contributed by atoms with E-state index in [0.717, 1.165) is 10.8 Å². The lowest BCUT2D eigenvalue weighted by Crippen LogP contribution is -2.67. The number of aliphatic hydroxyl groups is 1. The summed E-state index contributed by atoms with van der Waals surface area (Å²) in [7, 11) is 0. The number of hydrogen-bond donors (Lipinski definition) is 4. The minimum atomic E-state index is -2.00. The fraction of sp³-hybridized carbons (Fsp3) is 0.478. The summed E-state index contributed by atoms with van der Waals surface area (Å²) in [5.74, 6) is -3.55. The fourth-order valence-electron chi connectivity index (χ4n) is 10.8. The van der Waals surface area contributed by atoms with Crippen molar-refractivity contribution < 1.29 is 42.9 Å². The number of carbonyl (C=O) groups excluding carboxylic acids is 5. The molecule has 5 N–H and O–H groups in total. The number of carbonyl (C=O) groups is 5. The van der Waals surface area contributed by atoms with Crippen molar-refractivity contribution in [1.29, 1.82) is 0 Å². The Kier molecular flexibility index (Phi) is 11.5. The van der Waals surface area contributed by atoms with Gasteiger partial charge in [-0.2, -0.15) is 0 Å². The van der Waals surface area contributed by atoms with Gasteiger partial charge in [0.2, 0.25) is 5.91 Å². The van der Waals surface area contributed by atoms with Gasteiger partial charge in [-0.3, -0.25) is 34.3 Å². The van der Waals surface area contributed by atoms with E-state index in [2.05, 4.69) is 15.6 Å². The molecule has 2 aromatic carbocycles. The highest BCUT2D eigenvalue weighted by molar-refractivity contribution is 6.01. The van der Waals surface area contributed by atoms with Gasteiger partial charge in [-0.15, -0.1) is 0 Å². The number of rotatable bonds is 13. The molecule has 2 unspecified atom stereocenters. The summed E-state index contributed by atoms with van der Waals surface area (Å²) < 4.78 is 28.3. The van der Waals surface area contributed by atoms with Crippen LogP contribution >= 0.6 is 0 Å². The first-order chi connectivity index (χ1) is 28.0. The quantitative estimate of drug-likeness (QED) is 0.165. The van der Waals surface area contributed by atoms with Gasteiger partial charge in [0.05, 0.1) is 25.1 Å². The smallest absolute Gasteiger partial charge is 0.320 e. The van der Waals surface area contributed by atoms with E-state index >= 15 is 4.39 Å². The molecular formula is C46H53FN4O8. The molecule has 1 heterocycles. The van der Waals surface area contributed by atoms with Crippen molar-refractivity contribution in [3.63, 3.8) is 0 Å². The van der Waals surface area contributed by atoms with Crippen LogP contribution in [0.4, 0.5) is 10.1 Å². The van der Waals surface area contributed by atoms with E-state index in [1.165, 1.54) is 12.2 Å². The van der Waals surface area contributed by atoms with Gasteiger partial charge < -0.3 is 25.6 Å². The number of fused-ring (bicyclic) bond motifs is 6. The highest BCUT2D eigenvalue weighted by Crippen LogP contribution is 2.73. The number of nitrogens with zero attached hydrogens (tertiary/aromatic N) is 1. The average Bonchev–Trinajstić information content (AvgIpc) is 3.41. The van der Waals surface area contributed by atoms with Crippen LogP contribution in [0.5, 0.6) is 0 Å². The molecule has 3 aromatic rings. The van der Waals surface area contributed by atoms with Crippen LogP contribution in [-0.2, 0) is 40.1 Å². The maximum atomic E-state index is 17.5. The number of esters is 2. The Morgan fingerprint density at radius 3 is 2.46 bits per heavy atom. The summed E-state index contributed by atoms with van der Waals surface area (Å²) in [6, 6.07) is 14.5. The standard InChI is InChI=1S/C46H53FN4O8/c1-27-17-37-36-12-10-32-19-34(52)13-15-43(32,2)46(36,47)38(53)20-44(37,3)45(27,4)39(54)26-59-41(56)24-50-23-40(55)58-25-28-5-7-29(8-6-28)35(21-48)42(57)51-33-11-9-31-22-49-16-14-30(31)18-33/h5-9,11,13-16,18-19,22,27,35-38,50,53H,10,12,17,20-21,23-26,48H2,1-4H3,(H,51,57)/t27-,35+,36?,37?,38-,43-,44-,45+,46-/m0/s1. The third-order valence-electron chi connectivity index (χ3n) is 14.5. The molecule has 9 atom stereocenters. The zero-order valence-electron chi connectivity index (χ0n) is 34.0. The Morgan fingerprint density at radius 2 is 1.73 bits per heavy atom. The number of alkyl halides is 1. The maximum absolute atomic E-state index is 17.5. The van der Waals surface area contributed by atoms with Crippen molar-refractivity contribution >= 4 is 45.9 Å². The Balaban J connectivity index is 0.866. The number of pyridine rings is 1. The largest absolute Gasteiger partial charge is 0.460 e. The Morgan fingerprint density at radius 1 is 1.00 bits per heavy atom. The molecule has 0 aliphatic heterocycles. The van der Waals surface area contributed by atoms with Crippen LogP contribution in [0.2, 0.25) is 0 Å². The van der Waals surface area contributed by atoms with Gasteiger partial charge in [0.25, 0.3) is 0 Å². The van der Waals surface area contributed by atoms with Crippen LogP contribution in [0.15, 0.2) is 84.7 Å². The Hall–Kier alpha value is -5.11. The first-order valence-electron chi connectivity index (χ1n) is 20.3. The van der Waals surface area contributed by atoms with E-state index in [9.17, 15) is 29.1 Å². The number of amides is 1. The summed E-state index contributed by atoms with van der Waals surface area (Å²) >= 11 is 0. The van der Waals surface area contributed by atoms with Crippen molar-refractivity contribution in [2.45, 2.75) is 77.7 Å². The first-order valence-corrected chi connectivity index (χ1v) is 20.3. The van der Waals surface area contributed by atoms with Crippen LogP contribution in [0.3, 0.4) is 0 Å². The number of anilines is 1. The third-order valence-corrected chi connectivity index (χ3v) is 14.5. The van der Waals surface area contributed by atoms with Gasteiger partial charge in [-0.1, -0.05) is 62.8 Å². The normalized spacial score (nSPS) is 31.3. The molecule has 13 heteroatoms. The summed E-state index contributed by atoms with van der Waals surface area (Å²) in [4.78, 5) is 68.6. The highest BCUT2D eigenvalue weighted by atomic mass is 19.1. The zero-order valence-corrected chi connectivity index (χ0v) is 34.0. The van der Waals surface area contributed by atoms with Gasteiger partial charge in [0, 0.05) is 46.8 Å². The number of Topliss-reactive ketones (excluding diaryl/α,β-unsaturated/α-hetero) is 1. The number of benzene rings is 2. The number of allylic oxidation sites excluding steroid dienone is 4. The zero-order chi connectivity index (χ0) is 42.3. The molecule has 1 amide bonds. The minimum Gasteiger partial charge on any atom is -0.460 e. The van der Waals surface area contributed by atoms with Crippen LogP contribution in [-0.4, -0.2) is 77.5 Å². The molecule has 59 heavy (non-hydrogen) atoms. The second-order valence-corrected chi connectivity index (χ2v) is 17.4. The monoisotopic (exact) mass is 808 g/mol. The van der Waals surface area contributed by atoms with Gasteiger partial charge in [0.1, 0.15) is 6.61 Å². The number of aromatic nitrogens is 1. The molecule has 1 aromatic heterocycles. The predicted octanol–water partition coefficient (Wildman–Crippen LogP) is 5.28. The molecule has 0 radical (unpaired) electrons. The second-order valence-electron chi connectivity index (χ2n) is 17.4. The molecule has 0 saturated heterocycles. The highest BCUT2D eigenvalue weighted by Gasteiger charge is 2.74. The molecule has 4 aliphatic carbocycles. The number of hydrogen-bond acceptors (Lipinski definition) is 11. The van der Waals surface area contributed by atoms with Gasteiger partial charge >= 0.3 is 11.9 Å². The van der Waals surface area contributed by atoms with Crippen LogP contribution in [0, 0.1) is 34.0 Å². The molecule has 4 aliphatic rings. The lowest BCUT2D eigenvalue weighted by atomic mass is 9.43. The van der Waals surface area contributed by atoms with Crippen molar-refractivity contribution in [3.8, 4) is 0 Å². The lowest BCUT2D eigenvalue weighted by molar-refractivity contribution is -0.205. The SMILES string of the molecule is C[C@H]1CC2C3CCC4=CC(=O)C=C[C@]4(C)[C@@]3(F)[C@@H](O)C[C@]2(C)[C@@]1(C)C(=O)COC(=O)CNCC(=O)OCc1ccc([C@@H](CN)C(=O)Nc2ccc3cnccc3c2)cc1. The number of ether oxygens (including phenoxy) is 2. The van der Waals surface area contributed by atoms with Gasteiger partial charge in [-0.05, 0) is 96.7 Å². The van der Waals surface area contributed by atoms with E-state index in [0.29, 0.717) is 41.6 Å². The van der Waals surface area contributed by atoms with Crippen molar-refractivity contribution in [2.24, 2.45) is 39.7 Å². The van der Waals surface area contributed by atoms with E-state index in [1.807, 2.05) is 45.0 Å². The van der Waals surface area contributed by atoms with Gasteiger partial charge in [-0.25, -0.2) is 4.39 Å². The first kappa shape index (κ1) is 42.0. The molecular weight excluding hydrogens is 756 g/mol. The Labute approximate surface area is 343 Å². The summed E-state index contributed by atoms with van der Waals surface area (Å²) in [5, 5.41) is 19.2. The summed E-state index contributed by atoms with van der Waals surface area (Å²) in [6.07, 6.45) is 8.22. The number of ketones is 2. The molecule has 12 nitrogen and oxygen atoms in total. The number of halogens is 1. The van der Waals surface area contributed by atoms with Crippen molar-refractivity contribution in [2.75, 3.05) is 31.6 Å². The average molecular weight is 809 g/mol. The van der Waals surface area contributed by atoms with Crippen LogP contribution in [0.1, 0.15) is 70.4 Å². The van der Waals surface area contributed by atoms with Crippen molar-refractivity contribution in [3.05, 3.63) is 95.9 Å². The van der Waals surface area contributed by atoms with Gasteiger partial charge in [0.15, 0.2) is 23.8 Å². The van der Waals surface area contributed by atoms with E-state index in [-0.39, 0.29) is 62.0 Å². The van der Waals surface area contributed by atoms with Crippen molar-refractivity contribution in [1.82, 2.24) is 10.3 Å². The maximum Gasteiger partial charge on any atom is 0.320 e. The number of nitrogens with two attached hydrogens (primary N) is 1. The molecule has 7 rings (SSSR count). The van der Waals surface area contributed by atoms with E-state index in [1.54, 1.807) is 49.7 Å². The molecule has 3 fully saturated rings. The van der Waals surface area contributed by atoms with Crippen LogP contribution in [0.25, 0.3) is 10.8 Å². The fourth-order valence-corrected chi connectivity index (χ4v) is 10.8. The summed E-state index contributed by atoms with van der Waals surface area (Å²) in [5.41, 5.74) is 3.85. The Bertz CT molecular complexity index is 2230. The lowest BCUT2D eigenvalue weighted by Gasteiger charge is -2.63. The molecule has 0 bridgehead atoms. The molecule has 312 valence electrons. The second kappa shape index (κ2) is 16.2. The topological polar surface area (TPSA) is 187 Å². The van der Waals surface area contributed by atoms with Crippen LogP contribution < -0.4 is 16.4 Å².